The zero-order valence-corrected chi connectivity index (χ0v) is 12.3. The highest BCUT2D eigenvalue weighted by molar-refractivity contribution is 5.89. The Bertz CT molecular complexity index is 512. The molecule has 1 aliphatic carbocycles. The monoisotopic (exact) mass is 290 g/mol. The second-order valence-corrected chi connectivity index (χ2v) is 5.69. The third-order valence-electron chi connectivity index (χ3n) is 3.69. The number of carbonyl (C=O) groups excluding carboxylic acids is 1. The molecule has 0 radical (unpaired) electrons. The maximum atomic E-state index is 11.7. The quantitative estimate of drug-likeness (QED) is 0.721. The van der Waals surface area contributed by atoms with E-state index in [0.717, 1.165) is 17.9 Å². The summed E-state index contributed by atoms with van der Waals surface area (Å²) in [7, 11) is 0. The van der Waals surface area contributed by atoms with Crippen LogP contribution in [0.4, 0.5) is 4.79 Å². The molecule has 1 aliphatic rings. The van der Waals surface area contributed by atoms with E-state index in [1.807, 2.05) is 6.92 Å². The largest absolute Gasteiger partial charge is 0.478 e. The third kappa shape index (κ3) is 5.10. The first-order valence-corrected chi connectivity index (χ1v) is 7.42. The van der Waals surface area contributed by atoms with E-state index < -0.39 is 5.97 Å². The Morgan fingerprint density at radius 1 is 1.33 bits per heavy atom. The van der Waals surface area contributed by atoms with E-state index in [-0.39, 0.29) is 12.1 Å². The van der Waals surface area contributed by atoms with Gasteiger partial charge in [0, 0.05) is 12.6 Å². The van der Waals surface area contributed by atoms with Gasteiger partial charge in [0.1, 0.15) is 0 Å². The van der Waals surface area contributed by atoms with Crippen LogP contribution < -0.4 is 10.6 Å². The van der Waals surface area contributed by atoms with Gasteiger partial charge in [-0.05, 0) is 37.3 Å². The molecule has 0 aliphatic heterocycles. The molecule has 1 unspecified atom stereocenters. The molecule has 0 heterocycles. The first-order chi connectivity index (χ1) is 10.1. The summed E-state index contributed by atoms with van der Waals surface area (Å²) >= 11 is 0. The Hall–Kier alpha value is -2.04. The Labute approximate surface area is 124 Å². The van der Waals surface area contributed by atoms with Crippen LogP contribution in [0, 0.1) is 5.92 Å². The van der Waals surface area contributed by atoms with Crippen molar-refractivity contribution >= 4 is 12.0 Å². The molecule has 5 heteroatoms. The van der Waals surface area contributed by atoms with Gasteiger partial charge in [0.05, 0.1) is 5.56 Å². The lowest BCUT2D eigenvalue weighted by atomic mass is 10.0. The number of aromatic carboxylic acids is 1. The van der Waals surface area contributed by atoms with E-state index in [4.69, 9.17) is 5.11 Å². The summed E-state index contributed by atoms with van der Waals surface area (Å²) in [5, 5.41) is 14.8. The molecule has 1 saturated carbocycles. The van der Waals surface area contributed by atoms with E-state index in [1.54, 1.807) is 24.3 Å². The fourth-order valence-electron chi connectivity index (χ4n) is 2.44. The van der Waals surface area contributed by atoms with Crippen LogP contribution >= 0.6 is 0 Å². The van der Waals surface area contributed by atoms with Gasteiger partial charge < -0.3 is 15.7 Å². The number of nitrogens with one attached hydrogen (secondary N) is 2. The maximum absolute atomic E-state index is 11.7. The normalized spacial score (nSPS) is 15.3. The molecule has 0 saturated heterocycles. The van der Waals surface area contributed by atoms with Gasteiger partial charge in [0.15, 0.2) is 0 Å². The number of carboxylic acids is 1. The molecule has 0 spiro atoms. The standard InChI is InChI=1S/C16H22N2O3/c1-11(10-12-6-7-12)18-16(21)17-9-8-13-4-2-3-5-14(13)15(19)20/h2-5,11-12H,6-10H2,1H3,(H,19,20)(H2,17,18,21). The highest BCUT2D eigenvalue weighted by atomic mass is 16.4. The van der Waals surface area contributed by atoms with Gasteiger partial charge in [-0.2, -0.15) is 0 Å². The molecule has 3 N–H and O–H groups in total. The van der Waals surface area contributed by atoms with Crippen LogP contribution in [0.1, 0.15) is 42.1 Å². The minimum Gasteiger partial charge on any atom is -0.478 e. The first kappa shape index (κ1) is 15.4. The average molecular weight is 290 g/mol. The van der Waals surface area contributed by atoms with E-state index in [2.05, 4.69) is 10.6 Å². The first-order valence-electron chi connectivity index (χ1n) is 7.42. The summed E-state index contributed by atoms with van der Waals surface area (Å²) in [6.07, 6.45) is 4.10. The van der Waals surface area contributed by atoms with Crippen LogP contribution in [0.2, 0.25) is 0 Å². The van der Waals surface area contributed by atoms with Crippen LogP contribution in [0.15, 0.2) is 24.3 Å². The van der Waals surface area contributed by atoms with E-state index >= 15 is 0 Å². The van der Waals surface area contributed by atoms with Crippen LogP contribution in [-0.2, 0) is 6.42 Å². The molecule has 21 heavy (non-hydrogen) atoms. The highest BCUT2D eigenvalue weighted by Crippen LogP contribution is 2.33. The topological polar surface area (TPSA) is 78.4 Å². The lowest BCUT2D eigenvalue weighted by molar-refractivity contribution is 0.0695. The summed E-state index contributed by atoms with van der Waals surface area (Å²) in [5.41, 5.74) is 1.03. The lowest BCUT2D eigenvalue weighted by Gasteiger charge is -2.14. The molecule has 1 aromatic carbocycles. The number of carboxylic acid groups (broad SMARTS) is 1. The molecule has 114 valence electrons. The van der Waals surface area contributed by atoms with Gasteiger partial charge in [-0.3, -0.25) is 0 Å². The van der Waals surface area contributed by atoms with Gasteiger partial charge in [-0.15, -0.1) is 0 Å². The maximum Gasteiger partial charge on any atom is 0.335 e. The fraction of sp³-hybridized carbons (Fsp3) is 0.500. The van der Waals surface area contributed by atoms with Gasteiger partial charge >= 0.3 is 12.0 Å². The summed E-state index contributed by atoms with van der Waals surface area (Å²) in [5.74, 6) is -0.157. The molecule has 5 nitrogen and oxygen atoms in total. The summed E-state index contributed by atoms with van der Waals surface area (Å²) in [4.78, 5) is 22.8. The Balaban J connectivity index is 1.73. The number of benzene rings is 1. The van der Waals surface area contributed by atoms with Crippen molar-refractivity contribution in [1.82, 2.24) is 10.6 Å². The van der Waals surface area contributed by atoms with Crippen molar-refractivity contribution in [3.05, 3.63) is 35.4 Å². The molecule has 2 rings (SSSR count). The third-order valence-corrected chi connectivity index (χ3v) is 3.69. The lowest BCUT2D eigenvalue weighted by Crippen LogP contribution is -2.41. The van der Waals surface area contributed by atoms with Crippen molar-refractivity contribution < 1.29 is 14.7 Å². The minimum atomic E-state index is -0.937. The second kappa shape index (κ2) is 7.11. The Morgan fingerprint density at radius 2 is 2.05 bits per heavy atom. The zero-order chi connectivity index (χ0) is 15.2. The molecule has 2 amide bonds. The van der Waals surface area contributed by atoms with E-state index in [9.17, 15) is 9.59 Å². The predicted octanol–water partition coefficient (Wildman–Crippen LogP) is 2.42. The number of amides is 2. The fourth-order valence-corrected chi connectivity index (χ4v) is 2.44. The number of hydrogen-bond donors (Lipinski definition) is 3. The number of rotatable bonds is 7. The number of carbonyl (C=O) groups is 2. The highest BCUT2D eigenvalue weighted by Gasteiger charge is 2.24. The molecule has 0 aromatic heterocycles. The molecular formula is C16H22N2O3. The SMILES string of the molecule is CC(CC1CC1)NC(=O)NCCc1ccccc1C(=O)O. The zero-order valence-electron chi connectivity index (χ0n) is 12.3. The van der Waals surface area contributed by atoms with Gasteiger partial charge in [0.25, 0.3) is 0 Å². The van der Waals surface area contributed by atoms with Crippen molar-refractivity contribution in [3.63, 3.8) is 0 Å². The molecule has 1 aromatic rings. The molecule has 0 bridgehead atoms. The van der Waals surface area contributed by atoms with Crippen molar-refractivity contribution in [3.8, 4) is 0 Å². The van der Waals surface area contributed by atoms with Crippen LogP contribution in [0.25, 0.3) is 0 Å². The summed E-state index contributed by atoms with van der Waals surface area (Å²) in [6, 6.07) is 6.86. The van der Waals surface area contributed by atoms with E-state index in [1.165, 1.54) is 12.8 Å². The van der Waals surface area contributed by atoms with Gasteiger partial charge in [0.2, 0.25) is 0 Å². The molecule has 1 atom stereocenters. The summed E-state index contributed by atoms with van der Waals surface area (Å²) < 4.78 is 0. The van der Waals surface area contributed by atoms with Crippen LogP contribution in [-0.4, -0.2) is 29.7 Å². The van der Waals surface area contributed by atoms with E-state index in [0.29, 0.717) is 18.5 Å². The minimum absolute atomic E-state index is 0.184. The second-order valence-electron chi connectivity index (χ2n) is 5.69. The van der Waals surface area contributed by atoms with Crippen molar-refractivity contribution in [2.24, 2.45) is 5.92 Å². The number of hydrogen-bond acceptors (Lipinski definition) is 2. The Morgan fingerprint density at radius 3 is 2.71 bits per heavy atom. The van der Waals surface area contributed by atoms with Crippen molar-refractivity contribution in [2.45, 2.75) is 38.6 Å². The average Bonchev–Trinajstić information content (AvgIpc) is 3.22. The van der Waals surface area contributed by atoms with Crippen LogP contribution in [0.5, 0.6) is 0 Å². The summed E-state index contributed by atoms with van der Waals surface area (Å²) in [6.45, 7) is 2.43. The van der Waals surface area contributed by atoms with Crippen LogP contribution in [0.3, 0.4) is 0 Å². The van der Waals surface area contributed by atoms with Gasteiger partial charge in [-0.1, -0.05) is 31.0 Å². The van der Waals surface area contributed by atoms with Crippen molar-refractivity contribution in [2.75, 3.05) is 6.54 Å². The predicted molar refractivity (Wildman–Crippen MR) is 80.4 cm³/mol. The smallest absolute Gasteiger partial charge is 0.335 e. The van der Waals surface area contributed by atoms with Crippen molar-refractivity contribution in [1.29, 1.82) is 0 Å². The molecule has 1 fully saturated rings. The molecular weight excluding hydrogens is 268 g/mol. The Kier molecular flexibility index (Phi) is 5.20. The number of urea groups is 1. The van der Waals surface area contributed by atoms with Gasteiger partial charge in [-0.25, -0.2) is 9.59 Å².